The van der Waals surface area contributed by atoms with E-state index < -0.39 is 15.9 Å². The number of H-pyrrole nitrogens is 1. The van der Waals surface area contributed by atoms with E-state index in [0.29, 0.717) is 12.0 Å². The molecule has 2 rings (SSSR count). The number of sulfonamides is 1. The second-order valence-corrected chi connectivity index (χ2v) is 6.37. The molecule has 4 N–H and O–H groups in total. The quantitative estimate of drug-likeness (QED) is 0.332. The molecule has 0 saturated carbocycles. The summed E-state index contributed by atoms with van der Waals surface area (Å²) in [7, 11) is -3.65. The third kappa shape index (κ3) is 5.02. The Morgan fingerprint density at radius 2 is 2.22 bits per heavy atom. The van der Waals surface area contributed by atoms with Crippen molar-refractivity contribution in [2.45, 2.75) is 11.3 Å². The summed E-state index contributed by atoms with van der Waals surface area (Å²) < 4.78 is 27.0. The number of carbonyl (C=O) groups excluding carboxylic acids is 1. The molecule has 1 aromatic heterocycles. The molecular formula is C14H16N4O4S. The summed E-state index contributed by atoms with van der Waals surface area (Å²) in [6.45, 7) is 0.234. The smallest absolute Gasteiger partial charge is 0.267 e. The molecule has 23 heavy (non-hydrogen) atoms. The Hall–Kier alpha value is -2.49. The van der Waals surface area contributed by atoms with E-state index >= 15 is 0 Å². The van der Waals surface area contributed by atoms with Crippen LogP contribution in [0.25, 0.3) is 6.08 Å². The number of hydrogen-bond donors (Lipinski definition) is 4. The van der Waals surface area contributed by atoms with E-state index in [2.05, 4.69) is 14.7 Å². The zero-order chi connectivity index (χ0) is 16.7. The van der Waals surface area contributed by atoms with Crippen molar-refractivity contribution in [2.75, 3.05) is 6.54 Å². The molecule has 9 heteroatoms. The van der Waals surface area contributed by atoms with Crippen LogP contribution in [-0.2, 0) is 21.2 Å². The fourth-order valence-corrected chi connectivity index (χ4v) is 2.91. The highest BCUT2D eigenvalue weighted by Gasteiger charge is 2.13. The Morgan fingerprint density at radius 3 is 2.91 bits per heavy atom. The van der Waals surface area contributed by atoms with Gasteiger partial charge in [0.25, 0.3) is 5.91 Å². The van der Waals surface area contributed by atoms with E-state index in [4.69, 9.17) is 5.21 Å². The first-order valence-corrected chi connectivity index (χ1v) is 8.19. The Bertz CT molecular complexity index is 785. The van der Waals surface area contributed by atoms with Gasteiger partial charge in [0.1, 0.15) is 0 Å². The molecule has 0 aliphatic heterocycles. The number of nitrogens with one attached hydrogen (secondary N) is 3. The minimum Gasteiger partial charge on any atom is -0.348 e. The summed E-state index contributed by atoms with van der Waals surface area (Å²) in [5.74, 6) is -0.698. The lowest BCUT2D eigenvalue weighted by Crippen LogP contribution is -2.26. The molecule has 0 saturated heterocycles. The fraction of sp³-hybridized carbons (Fsp3) is 0.143. The van der Waals surface area contributed by atoms with E-state index in [1.54, 1.807) is 18.3 Å². The first-order valence-electron chi connectivity index (χ1n) is 6.70. The molecule has 1 amide bonds. The van der Waals surface area contributed by atoms with Crippen LogP contribution in [0.1, 0.15) is 11.3 Å². The summed E-state index contributed by atoms with van der Waals surface area (Å²) in [5, 5.41) is 8.41. The van der Waals surface area contributed by atoms with Crippen molar-refractivity contribution in [1.29, 1.82) is 0 Å². The van der Waals surface area contributed by atoms with E-state index in [1.807, 2.05) is 0 Å². The van der Waals surface area contributed by atoms with Gasteiger partial charge in [-0.1, -0.05) is 12.1 Å². The number of amides is 1. The molecule has 0 aliphatic carbocycles. The molecular weight excluding hydrogens is 320 g/mol. The Labute approximate surface area is 133 Å². The van der Waals surface area contributed by atoms with Gasteiger partial charge in [0.05, 0.1) is 11.2 Å². The Balaban J connectivity index is 2.04. The van der Waals surface area contributed by atoms with E-state index in [1.165, 1.54) is 30.0 Å². The van der Waals surface area contributed by atoms with Gasteiger partial charge in [0.2, 0.25) is 10.0 Å². The van der Waals surface area contributed by atoms with Gasteiger partial charge in [-0.3, -0.25) is 10.0 Å². The molecule has 0 atom stereocenters. The summed E-state index contributed by atoms with van der Waals surface area (Å²) in [5.41, 5.74) is 2.81. The molecule has 0 fully saturated rings. The first kappa shape index (κ1) is 16.9. The Kier molecular flexibility index (Phi) is 5.63. The van der Waals surface area contributed by atoms with E-state index in [-0.39, 0.29) is 11.4 Å². The topological polar surface area (TPSA) is 124 Å². The van der Waals surface area contributed by atoms with Crippen LogP contribution in [0.3, 0.4) is 0 Å². The number of hydrogen-bond acceptors (Lipinski definition) is 5. The predicted octanol–water partition coefficient (Wildman–Crippen LogP) is 0.449. The Morgan fingerprint density at radius 1 is 1.39 bits per heavy atom. The first-order chi connectivity index (χ1) is 11.0. The van der Waals surface area contributed by atoms with Crippen LogP contribution in [0.15, 0.2) is 47.8 Å². The third-order valence-electron chi connectivity index (χ3n) is 2.95. The lowest BCUT2D eigenvalue weighted by Gasteiger charge is -2.07. The van der Waals surface area contributed by atoms with Crippen molar-refractivity contribution in [3.8, 4) is 0 Å². The van der Waals surface area contributed by atoms with Crippen molar-refractivity contribution >= 4 is 22.0 Å². The number of carbonyl (C=O) groups is 1. The fourth-order valence-electron chi connectivity index (χ4n) is 1.82. The number of hydroxylamine groups is 1. The lowest BCUT2D eigenvalue weighted by atomic mass is 10.2. The van der Waals surface area contributed by atoms with Crippen molar-refractivity contribution in [1.82, 2.24) is 20.2 Å². The van der Waals surface area contributed by atoms with Crippen LogP contribution in [-0.4, -0.2) is 36.0 Å². The van der Waals surface area contributed by atoms with Gasteiger partial charge in [-0.05, 0) is 23.8 Å². The van der Waals surface area contributed by atoms with Gasteiger partial charge in [0.15, 0.2) is 0 Å². The van der Waals surface area contributed by atoms with Crippen LogP contribution in [0.4, 0.5) is 0 Å². The number of aromatic amines is 1. The number of rotatable bonds is 7. The molecule has 0 aliphatic rings. The molecule has 0 bridgehead atoms. The molecule has 8 nitrogen and oxygen atoms in total. The number of nitrogens with zero attached hydrogens (tertiary/aromatic N) is 1. The zero-order valence-corrected chi connectivity index (χ0v) is 12.9. The van der Waals surface area contributed by atoms with Crippen LogP contribution in [0.2, 0.25) is 0 Å². The second kappa shape index (κ2) is 7.68. The molecule has 1 aromatic carbocycles. The summed E-state index contributed by atoms with van der Waals surface area (Å²) >= 11 is 0. The second-order valence-electron chi connectivity index (χ2n) is 4.61. The zero-order valence-electron chi connectivity index (χ0n) is 12.1. The van der Waals surface area contributed by atoms with Crippen molar-refractivity contribution in [3.63, 3.8) is 0 Å². The standard InChI is InChI=1S/C14H16N4O4S/c19-14(18-20)5-4-11-2-1-3-13(8-11)23(21,22)17-7-6-12-9-15-10-16-12/h1-5,8-10,17,20H,6-7H2,(H,15,16)(H,18,19). The SMILES string of the molecule is O=C(C=Cc1cccc(S(=O)(=O)NCCc2cnc[nH]2)c1)NO. The molecule has 2 aromatic rings. The van der Waals surface area contributed by atoms with Gasteiger partial charge in [-0.25, -0.2) is 23.6 Å². The molecule has 0 spiro atoms. The number of aromatic nitrogens is 2. The highest BCUT2D eigenvalue weighted by atomic mass is 32.2. The lowest BCUT2D eigenvalue weighted by molar-refractivity contribution is -0.124. The molecule has 1 heterocycles. The molecule has 122 valence electrons. The summed E-state index contributed by atoms with van der Waals surface area (Å²) in [4.78, 5) is 17.8. The highest BCUT2D eigenvalue weighted by molar-refractivity contribution is 7.89. The number of benzene rings is 1. The minimum atomic E-state index is -3.65. The van der Waals surface area contributed by atoms with Gasteiger partial charge >= 0.3 is 0 Å². The van der Waals surface area contributed by atoms with Crippen LogP contribution in [0, 0.1) is 0 Å². The number of imidazole rings is 1. The van der Waals surface area contributed by atoms with Crippen molar-refractivity contribution < 1.29 is 18.4 Å². The van der Waals surface area contributed by atoms with E-state index in [0.717, 1.165) is 11.8 Å². The van der Waals surface area contributed by atoms with Crippen LogP contribution < -0.4 is 10.2 Å². The minimum absolute atomic E-state index is 0.0914. The van der Waals surface area contributed by atoms with Crippen molar-refractivity contribution in [2.24, 2.45) is 0 Å². The average molecular weight is 336 g/mol. The van der Waals surface area contributed by atoms with Gasteiger partial charge in [0, 0.05) is 30.9 Å². The van der Waals surface area contributed by atoms with Gasteiger partial charge < -0.3 is 4.98 Å². The van der Waals surface area contributed by atoms with Gasteiger partial charge in [-0.15, -0.1) is 0 Å². The maximum atomic E-state index is 12.2. The monoisotopic (exact) mass is 336 g/mol. The van der Waals surface area contributed by atoms with Crippen LogP contribution in [0.5, 0.6) is 0 Å². The van der Waals surface area contributed by atoms with Gasteiger partial charge in [-0.2, -0.15) is 0 Å². The molecule has 0 radical (unpaired) electrons. The van der Waals surface area contributed by atoms with E-state index in [9.17, 15) is 13.2 Å². The summed E-state index contributed by atoms with van der Waals surface area (Å²) in [6, 6.07) is 6.10. The maximum absolute atomic E-state index is 12.2. The largest absolute Gasteiger partial charge is 0.348 e. The third-order valence-corrected chi connectivity index (χ3v) is 4.41. The van der Waals surface area contributed by atoms with Crippen molar-refractivity contribution in [3.05, 3.63) is 54.1 Å². The highest BCUT2D eigenvalue weighted by Crippen LogP contribution is 2.12. The molecule has 0 unspecified atom stereocenters. The predicted molar refractivity (Wildman–Crippen MR) is 82.9 cm³/mol. The summed E-state index contributed by atoms with van der Waals surface area (Å²) in [6.07, 6.45) is 6.15. The van der Waals surface area contributed by atoms with Crippen LogP contribution >= 0.6 is 0 Å². The normalized spacial score (nSPS) is 11.7. The average Bonchev–Trinajstić information content (AvgIpc) is 3.06. The maximum Gasteiger partial charge on any atom is 0.267 e.